The molecule has 0 saturated carbocycles. The number of pyridine rings is 1. The Bertz CT molecular complexity index is 1760. The van der Waals surface area contributed by atoms with Gasteiger partial charge in [0.1, 0.15) is 18.1 Å². The fourth-order valence-electron chi connectivity index (χ4n) is 5.93. The Morgan fingerprint density at radius 2 is 1.91 bits per heavy atom. The quantitative estimate of drug-likeness (QED) is 0.181. The lowest BCUT2D eigenvalue weighted by Gasteiger charge is -2.34. The lowest BCUT2D eigenvalue weighted by Crippen LogP contribution is -2.49. The Morgan fingerprint density at radius 3 is 2.59 bits per heavy atom. The summed E-state index contributed by atoms with van der Waals surface area (Å²) in [5.74, 6) is -0.0562. The molecule has 1 saturated heterocycles. The molecule has 3 aromatic rings. The molecule has 2 aliphatic rings. The molecule has 244 valence electrons. The maximum Gasteiger partial charge on any atom is 0.413 e. The molecule has 2 aromatic heterocycles. The van der Waals surface area contributed by atoms with Crippen molar-refractivity contribution in [1.82, 2.24) is 19.4 Å². The van der Waals surface area contributed by atoms with Crippen molar-refractivity contribution in [1.29, 1.82) is 0 Å². The highest BCUT2D eigenvalue weighted by Crippen LogP contribution is 2.47. The smallest absolute Gasteiger partial charge is 0.413 e. The van der Waals surface area contributed by atoms with Crippen LogP contribution in [0.25, 0.3) is 11.0 Å². The van der Waals surface area contributed by atoms with Crippen LogP contribution in [0.4, 0.5) is 19.4 Å². The minimum atomic E-state index is -1.42. The first kappa shape index (κ1) is 33.1. The van der Waals surface area contributed by atoms with Crippen LogP contribution >= 0.6 is 0 Å². The van der Waals surface area contributed by atoms with Crippen LogP contribution in [0, 0.1) is 24.0 Å². The molecular weight excluding hydrogens is 612 g/mol. The number of halogens is 2. The number of nitrogens with one attached hydrogen (secondary N) is 1. The summed E-state index contributed by atoms with van der Waals surface area (Å²) in [7, 11) is -1.42. The van der Waals surface area contributed by atoms with Crippen molar-refractivity contribution in [3.05, 3.63) is 58.8 Å². The largest absolute Gasteiger partial charge is 0.444 e. The predicted molar refractivity (Wildman–Crippen MR) is 172 cm³/mol. The third-order valence-corrected chi connectivity index (χ3v) is 9.82. The van der Waals surface area contributed by atoms with Crippen molar-refractivity contribution in [2.24, 2.45) is 0 Å². The van der Waals surface area contributed by atoms with Gasteiger partial charge in [-0.3, -0.25) is 14.9 Å². The van der Waals surface area contributed by atoms with E-state index >= 15 is 4.39 Å². The summed E-state index contributed by atoms with van der Waals surface area (Å²) in [5.41, 5.74) is -0.463. The molecule has 3 amide bonds. The van der Waals surface area contributed by atoms with Crippen LogP contribution in [-0.4, -0.2) is 70.6 Å². The Balaban J connectivity index is 1.56. The lowest BCUT2D eigenvalue weighted by molar-refractivity contribution is -0.136. The predicted octanol–water partition coefficient (Wildman–Crippen LogP) is 5.69. The van der Waals surface area contributed by atoms with Gasteiger partial charge in [-0.2, -0.15) is 0 Å². The summed E-state index contributed by atoms with van der Waals surface area (Å²) >= 11 is 0. The standard InChI is InChI=1S/C33H39F2N5O5Si/c1-8-12-38-13-11-33(30(38)42)24-10-9-21(34)16-23(24)29(41)40(33)19-22-17-26-27(39(22)20-44-14-15-46(5,6)7)18-25(35)28(36-26)37-31(43)45-32(2,3)4/h1,9-10,16-18H,11-15,19-20H2,2-7H3,(H,36,37,43)/t33-/m0/s1. The number of anilines is 1. The zero-order valence-corrected chi connectivity index (χ0v) is 28.0. The van der Waals surface area contributed by atoms with Crippen LogP contribution in [0.15, 0.2) is 30.3 Å². The third kappa shape index (κ3) is 6.36. The fraction of sp³-hybridized carbons (Fsp3) is 0.455. The van der Waals surface area contributed by atoms with Gasteiger partial charge in [0.25, 0.3) is 11.8 Å². The number of terminal acetylenes is 1. The number of benzene rings is 1. The number of aromatic nitrogens is 2. The first-order valence-electron chi connectivity index (χ1n) is 15.2. The molecule has 1 aromatic carbocycles. The number of nitrogens with zero attached hydrogens (tertiary/aromatic N) is 4. The van der Waals surface area contributed by atoms with E-state index < -0.39 is 42.8 Å². The van der Waals surface area contributed by atoms with Crippen molar-refractivity contribution in [2.75, 3.05) is 25.0 Å². The Hall–Kier alpha value is -4.28. The van der Waals surface area contributed by atoms with E-state index in [1.807, 2.05) is 0 Å². The average molecular weight is 652 g/mol. The van der Waals surface area contributed by atoms with Gasteiger partial charge in [-0.15, -0.1) is 6.42 Å². The van der Waals surface area contributed by atoms with Crippen molar-refractivity contribution in [3.8, 4) is 12.3 Å². The van der Waals surface area contributed by atoms with E-state index in [-0.39, 0.29) is 43.5 Å². The van der Waals surface area contributed by atoms with E-state index in [1.54, 1.807) is 31.4 Å². The summed E-state index contributed by atoms with van der Waals surface area (Å²) in [5, 5.41) is 2.37. The molecule has 0 radical (unpaired) electrons. The normalized spacial score (nSPS) is 18.1. The number of rotatable bonds is 9. The van der Waals surface area contributed by atoms with E-state index in [0.29, 0.717) is 35.4 Å². The molecule has 2 aliphatic heterocycles. The number of hydrogen-bond acceptors (Lipinski definition) is 6. The summed E-state index contributed by atoms with van der Waals surface area (Å²) < 4.78 is 42.8. The molecule has 1 atom stereocenters. The van der Waals surface area contributed by atoms with Crippen molar-refractivity contribution < 1.29 is 32.6 Å². The van der Waals surface area contributed by atoms with E-state index in [9.17, 15) is 18.8 Å². The molecule has 1 N–H and O–H groups in total. The van der Waals surface area contributed by atoms with Crippen LogP contribution in [0.2, 0.25) is 25.7 Å². The summed E-state index contributed by atoms with van der Waals surface area (Å²) in [6.45, 7) is 12.5. The molecule has 1 spiro atoms. The number of carbonyl (C=O) groups is 3. The van der Waals surface area contributed by atoms with E-state index in [4.69, 9.17) is 15.9 Å². The van der Waals surface area contributed by atoms with Crippen molar-refractivity contribution in [3.63, 3.8) is 0 Å². The van der Waals surface area contributed by atoms with Gasteiger partial charge < -0.3 is 23.8 Å². The Kier molecular flexibility index (Phi) is 8.74. The summed E-state index contributed by atoms with van der Waals surface area (Å²) in [4.78, 5) is 47.6. The molecule has 0 bridgehead atoms. The van der Waals surface area contributed by atoms with Crippen LogP contribution in [-0.2, 0) is 33.1 Å². The van der Waals surface area contributed by atoms with Crippen LogP contribution in [0.3, 0.4) is 0 Å². The SMILES string of the molecule is C#CCN1CC[C@@]2(C1=O)c1ccc(F)cc1C(=O)N2Cc1cc2nc(NC(=O)OC(C)(C)C)c(F)cc2n1COCC[Si](C)(C)C. The maximum atomic E-state index is 15.4. The second kappa shape index (κ2) is 12.1. The summed E-state index contributed by atoms with van der Waals surface area (Å²) in [6.07, 6.45) is 4.93. The first-order chi connectivity index (χ1) is 21.5. The van der Waals surface area contributed by atoms with Gasteiger partial charge in [-0.05, 0) is 45.0 Å². The lowest BCUT2D eigenvalue weighted by atomic mass is 9.87. The zero-order chi connectivity index (χ0) is 33.6. The minimum absolute atomic E-state index is 0.0248. The number of fused-ring (bicyclic) bond motifs is 3. The number of ether oxygens (including phenoxy) is 2. The van der Waals surface area contributed by atoms with Gasteiger partial charge >= 0.3 is 6.09 Å². The highest BCUT2D eigenvalue weighted by molar-refractivity contribution is 6.76. The second-order valence-corrected chi connectivity index (χ2v) is 19.5. The number of amides is 3. The monoisotopic (exact) mass is 651 g/mol. The molecule has 5 rings (SSSR count). The number of likely N-dealkylation sites (tertiary alicyclic amines) is 1. The van der Waals surface area contributed by atoms with E-state index in [2.05, 4.69) is 35.9 Å². The summed E-state index contributed by atoms with van der Waals surface area (Å²) in [6, 6.07) is 7.68. The molecule has 1 fully saturated rings. The molecule has 10 nitrogen and oxygen atoms in total. The molecule has 0 aliphatic carbocycles. The fourth-order valence-corrected chi connectivity index (χ4v) is 6.68. The molecule has 13 heteroatoms. The molecule has 4 heterocycles. The Morgan fingerprint density at radius 1 is 1.17 bits per heavy atom. The average Bonchev–Trinajstić information content (AvgIpc) is 3.52. The van der Waals surface area contributed by atoms with Gasteiger partial charge in [0.15, 0.2) is 17.2 Å². The highest BCUT2D eigenvalue weighted by Gasteiger charge is 2.59. The minimum Gasteiger partial charge on any atom is -0.444 e. The third-order valence-electron chi connectivity index (χ3n) is 8.11. The highest BCUT2D eigenvalue weighted by atomic mass is 28.3. The number of carbonyl (C=O) groups excluding carboxylic acids is 3. The molecular formula is C33H39F2N5O5Si. The topological polar surface area (TPSA) is 106 Å². The van der Waals surface area contributed by atoms with Gasteiger partial charge in [0.05, 0.1) is 24.1 Å². The van der Waals surface area contributed by atoms with E-state index in [0.717, 1.165) is 12.1 Å². The van der Waals surface area contributed by atoms with E-state index in [1.165, 1.54) is 28.0 Å². The zero-order valence-electron chi connectivity index (χ0n) is 27.0. The van der Waals surface area contributed by atoms with Crippen LogP contribution in [0.1, 0.15) is 48.8 Å². The second-order valence-electron chi connectivity index (χ2n) is 13.9. The molecule has 46 heavy (non-hydrogen) atoms. The van der Waals surface area contributed by atoms with Crippen LogP contribution < -0.4 is 5.32 Å². The maximum absolute atomic E-state index is 15.4. The van der Waals surface area contributed by atoms with Crippen molar-refractivity contribution in [2.45, 2.75) is 77.3 Å². The van der Waals surface area contributed by atoms with Crippen molar-refractivity contribution >= 4 is 42.8 Å². The number of hydrogen-bond donors (Lipinski definition) is 1. The van der Waals surface area contributed by atoms with Gasteiger partial charge in [-0.25, -0.2) is 18.6 Å². The van der Waals surface area contributed by atoms with Gasteiger partial charge in [0, 0.05) is 50.5 Å². The molecule has 0 unspecified atom stereocenters. The first-order valence-corrected chi connectivity index (χ1v) is 18.9. The van der Waals surface area contributed by atoms with Gasteiger partial charge in [-0.1, -0.05) is 31.6 Å². The Labute approximate surface area is 268 Å². The van der Waals surface area contributed by atoms with Gasteiger partial charge in [0.2, 0.25) is 0 Å². The van der Waals surface area contributed by atoms with Crippen LogP contribution in [0.5, 0.6) is 0 Å².